The highest BCUT2D eigenvalue weighted by Gasteiger charge is 2.23. The molecule has 0 amide bonds. The van der Waals surface area contributed by atoms with Crippen molar-refractivity contribution in [1.82, 2.24) is 9.80 Å². The summed E-state index contributed by atoms with van der Waals surface area (Å²) in [5, 5.41) is 0. The maximum Gasteiger partial charge on any atom is 0.118 e. The van der Waals surface area contributed by atoms with E-state index in [0.717, 1.165) is 32.7 Å². The molecule has 0 N–H and O–H groups in total. The van der Waals surface area contributed by atoms with Gasteiger partial charge in [-0.3, -0.25) is 4.90 Å². The zero-order valence-electron chi connectivity index (χ0n) is 9.02. The molecule has 3 heteroatoms. The van der Waals surface area contributed by atoms with Gasteiger partial charge in [0.05, 0.1) is 0 Å². The molecule has 78 valence electrons. The smallest absolute Gasteiger partial charge is 0.118 e. The van der Waals surface area contributed by atoms with Crippen LogP contribution in [0.2, 0.25) is 0 Å². The second-order valence-corrected chi connectivity index (χ2v) is 4.43. The van der Waals surface area contributed by atoms with Crippen LogP contribution in [0, 0.1) is 0 Å². The largest absolute Gasteiger partial charge is 0.301 e. The van der Waals surface area contributed by atoms with Crippen molar-refractivity contribution in [2.45, 2.75) is 26.4 Å². The predicted octanol–water partition coefficient (Wildman–Crippen LogP) is 1.37. The van der Waals surface area contributed by atoms with E-state index in [1.807, 2.05) is 0 Å². The number of halogens is 1. The van der Waals surface area contributed by atoms with Gasteiger partial charge in [-0.15, -0.1) is 0 Å². The first kappa shape index (κ1) is 10.9. The topological polar surface area (TPSA) is 6.48 Å². The van der Waals surface area contributed by atoms with Crippen LogP contribution in [0.4, 0.5) is 4.39 Å². The molecule has 0 aliphatic carbocycles. The molecule has 13 heavy (non-hydrogen) atoms. The Morgan fingerprint density at radius 1 is 1.08 bits per heavy atom. The summed E-state index contributed by atoms with van der Waals surface area (Å²) in [6, 6.07) is 0. The van der Waals surface area contributed by atoms with E-state index >= 15 is 0 Å². The monoisotopic (exact) mass is 188 g/mol. The van der Waals surface area contributed by atoms with Crippen molar-refractivity contribution in [3.8, 4) is 0 Å². The molecule has 1 fully saturated rings. The molecule has 0 aromatic carbocycles. The van der Waals surface area contributed by atoms with E-state index in [1.54, 1.807) is 13.8 Å². The van der Waals surface area contributed by atoms with Crippen molar-refractivity contribution < 1.29 is 4.39 Å². The molecule has 1 aliphatic heterocycles. The molecule has 0 unspecified atom stereocenters. The van der Waals surface area contributed by atoms with Gasteiger partial charge in [-0.25, -0.2) is 4.39 Å². The number of rotatable bonds is 3. The van der Waals surface area contributed by atoms with Crippen molar-refractivity contribution in [3.63, 3.8) is 0 Å². The van der Waals surface area contributed by atoms with E-state index in [0.29, 0.717) is 6.54 Å². The van der Waals surface area contributed by atoms with Gasteiger partial charge in [0.25, 0.3) is 0 Å². The Hall–Kier alpha value is -0.150. The number of likely N-dealkylation sites (N-methyl/N-ethyl adjacent to an activating group) is 1. The Balaban J connectivity index is 2.25. The lowest BCUT2D eigenvalue weighted by Gasteiger charge is -2.36. The Labute approximate surface area is 80.7 Å². The zero-order valence-corrected chi connectivity index (χ0v) is 9.02. The fraction of sp³-hybridized carbons (Fsp3) is 1.00. The summed E-state index contributed by atoms with van der Waals surface area (Å²) in [4.78, 5) is 4.62. The van der Waals surface area contributed by atoms with Gasteiger partial charge in [0.15, 0.2) is 0 Å². The van der Waals surface area contributed by atoms with Crippen molar-refractivity contribution in [2.24, 2.45) is 0 Å². The van der Waals surface area contributed by atoms with Crippen LogP contribution < -0.4 is 0 Å². The summed E-state index contributed by atoms with van der Waals surface area (Å²) in [6.45, 7) is 11.4. The molecule has 0 saturated carbocycles. The van der Waals surface area contributed by atoms with Gasteiger partial charge in [0.2, 0.25) is 0 Å². The molecule has 0 bridgehead atoms. The summed E-state index contributed by atoms with van der Waals surface area (Å²) in [7, 11) is 0. The molecule has 1 saturated heterocycles. The molecular weight excluding hydrogens is 167 g/mol. The SMILES string of the molecule is CCN1CCN(CC(C)(C)F)CC1. The summed E-state index contributed by atoms with van der Waals surface area (Å²) in [6.07, 6.45) is 0. The van der Waals surface area contributed by atoms with Gasteiger partial charge in [-0.1, -0.05) is 6.92 Å². The third-order valence-electron chi connectivity index (χ3n) is 2.51. The van der Waals surface area contributed by atoms with Crippen LogP contribution in [0.15, 0.2) is 0 Å². The van der Waals surface area contributed by atoms with E-state index in [-0.39, 0.29) is 0 Å². The minimum absolute atomic E-state index is 0.574. The van der Waals surface area contributed by atoms with Gasteiger partial charge in [-0.2, -0.15) is 0 Å². The Kier molecular flexibility index (Phi) is 3.68. The minimum Gasteiger partial charge on any atom is -0.301 e. The maximum absolute atomic E-state index is 13.3. The maximum atomic E-state index is 13.3. The van der Waals surface area contributed by atoms with E-state index in [2.05, 4.69) is 16.7 Å². The molecule has 0 aromatic heterocycles. The minimum atomic E-state index is -1.05. The number of nitrogens with zero attached hydrogens (tertiary/aromatic N) is 2. The molecular formula is C10H21FN2. The van der Waals surface area contributed by atoms with Gasteiger partial charge in [0.1, 0.15) is 5.67 Å². The van der Waals surface area contributed by atoms with Crippen LogP contribution >= 0.6 is 0 Å². The quantitative estimate of drug-likeness (QED) is 0.660. The summed E-state index contributed by atoms with van der Waals surface area (Å²) in [5.74, 6) is 0. The van der Waals surface area contributed by atoms with Gasteiger partial charge in [0, 0.05) is 32.7 Å². The van der Waals surface area contributed by atoms with Crippen LogP contribution in [0.1, 0.15) is 20.8 Å². The number of hydrogen-bond acceptors (Lipinski definition) is 2. The lowest BCUT2D eigenvalue weighted by atomic mass is 10.1. The number of alkyl halides is 1. The van der Waals surface area contributed by atoms with E-state index < -0.39 is 5.67 Å². The molecule has 0 atom stereocenters. The normalized spacial score (nSPS) is 22.2. The second-order valence-electron chi connectivity index (χ2n) is 4.43. The fourth-order valence-electron chi connectivity index (χ4n) is 1.80. The third kappa shape index (κ3) is 4.05. The highest BCUT2D eigenvalue weighted by Crippen LogP contribution is 2.12. The Bertz CT molecular complexity index is 145. The number of piperazine rings is 1. The second kappa shape index (κ2) is 4.38. The van der Waals surface area contributed by atoms with Crippen LogP contribution in [-0.4, -0.2) is 54.7 Å². The molecule has 0 spiro atoms. The van der Waals surface area contributed by atoms with Crippen LogP contribution in [0.5, 0.6) is 0 Å². The van der Waals surface area contributed by atoms with Crippen LogP contribution in [0.3, 0.4) is 0 Å². The van der Waals surface area contributed by atoms with Gasteiger partial charge >= 0.3 is 0 Å². The van der Waals surface area contributed by atoms with E-state index in [9.17, 15) is 4.39 Å². The van der Waals surface area contributed by atoms with Crippen molar-refractivity contribution in [2.75, 3.05) is 39.3 Å². The lowest BCUT2D eigenvalue weighted by Crippen LogP contribution is -2.49. The molecule has 1 aliphatic rings. The first-order valence-electron chi connectivity index (χ1n) is 5.15. The van der Waals surface area contributed by atoms with Crippen molar-refractivity contribution in [3.05, 3.63) is 0 Å². The fourth-order valence-corrected chi connectivity index (χ4v) is 1.80. The van der Waals surface area contributed by atoms with Crippen molar-refractivity contribution in [1.29, 1.82) is 0 Å². The van der Waals surface area contributed by atoms with Crippen LogP contribution in [0.25, 0.3) is 0 Å². The summed E-state index contributed by atoms with van der Waals surface area (Å²) < 4.78 is 13.3. The first-order valence-corrected chi connectivity index (χ1v) is 5.15. The first-order chi connectivity index (χ1) is 6.01. The molecule has 2 nitrogen and oxygen atoms in total. The molecule has 1 heterocycles. The Morgan fingerprint density at radius 2 is 1.54 bits per heavy atom. The van der Waals surface area contributed by atoms with E-state index in [4.69, 9.17) is 0 Å². The standard InChI is InChI=1S/C10H21FN2/c1-4-12-5-7-13(8-6-12)9-10(2,3)11/h4-9H2,1-3H3. The molecule has 1 rings (SSSR count). The Morgan fingerprint density at radius 3 is 1.92 bits per heavy atom. The highest BCUT2D eigenvalue weighted by atomic mass is 19.1. The summed E-state index contributed by atoms with van der Waals surface area (Å²) in [5.41, 5.74) is -1.05. The average Bonchev–Trinajstić information content (AvgIpc) is 2.03. The van der Waals surface area contributed by atoms with Gasteiger partial charge < -0.3 is 4.90 Å². The number of hydrogen-bond donors (Lipinski definition) is 0. The van der Waals surface area contributed by atoms with E-state index in [1.165, 1.54) is 0 Å². The third-order valence-corrected chi connectivity index (χ3v) is 2.51. The zero-order chi connectivity index (χ0) is 9.90. The molecule has 0 radical (unpaired) electrons. The highest BCUT2D eigenvalue weighted by molar-refractivity contribution is 4.77. The predicted molar refractivity (Wildman–Crippen MR) is 53.7 cm³/mol. The van der Waals surface area contributed by atoms with Crippen LogP contribution in [-0.2, 0) is 0 Å². The molecule has 0 aromatic rings. The average molecular weight is 188 g/mol. The summed E-state index contributed by atoms with van der Waals surface area (Å²) >= 11 is 0. The lowest BCUT2D eigenvalue weighted by molar-refractivity contribution is 0.0781. The van der Waals surface area contributed by atoms with Gasteiger partial charge in [-0.05, 0) is 20.4 Å². The van der Waals surface area contributed by atoms with Crippen molar-refractivity contribution >= 4 is 0 Å².